The molecule has 28 heavy (non-hydrogen) atoms. The number of primary amides is 1. The van der Waals surface area contributed by atoms with Crippen LogP contribution in [-0.2, 0) is 11.2 Å². The maximum absolute atomic E-state index is 13.8. The number of halogens is 1. The summed E-state index contributed by atoms with van der Waals surface area (Å²) in [7, 11) is 0. The lowest BCUT2D eigenvalue weighted by atomic mass is 9.91. The fourth-order valence-electron chi connectivity index (χ4n) is 3.85. The zero-order valence-corrected chi connectivity index (χ0v) is 16.9. The topological polar surface area (TPSA) is 93.0 Å². The summed E-state index contributed by atoms with van der Waals surface area (Å²) >= 11 is 1.64. The van der Waals surface area contributed by atoms with E-state index in [0.717, 1.165) is 23.9 Å². The van der Waals surface area contributed by atoms with Crippen molar-refractivity contribution in [2.75, 3.05) is 13.2 Å². The molecule has 4 rings (SSSR count). The molecule has 2 aromatic heterocycles. The van der Waals surface area contributed by atoms with Crippen molar-refractivity contribution < 1.29 is 13.9 Å². The number of hydrogen-bond acceptors (Lipinski definition) is 5. The van der Waals surface area contributed by atoms with E-state index in [4.69, 9.17) is 10.5 Å². The molecule has 1 amide bonds. The Morgan fingerprint density at radius 1 is 1.43 bits per heavy atom. The number of aromatic amines is 1. The molecule has 8 heteroatoms. The van der Waals surface area contributed by atoms with Crippen LogP contribution in [0.25, 0.3) is 21.7 Å². The summed E-state index contributed by atoms with van der Waals surface area (Å²) in [5.74, 6) is -0.615. The van der Waals surface area contributed by atoms with E-state index in [0.29, 0.717) is 23.5 Å². The summed E-state index contributed by atoms with van der Waals surface area (Å²) in [6.07, 6.45) is 0.923. The van der Waals surface area contributed by atoms with Crippen LogP contribution in [0.4, 0.5) is 4.39 Å². The number of nitrogens with zero attached hydrogens (tertiary/aromatic N) is 1. The Morgan fingerprint density at radius 2 is 2.21 bits per heavy atom. The largest absolute Gasteiger partial charge is 0.374 e. The van der Waals surface area contributed by atoms with Crippen LogP contribution in [0.2, 0.25) is 0 Å². The molecule has 0 saturated carbocycles. The minimum absolute atomic E-state index is 0.0795. The molecule has 4 N–H and O–H groups in total. The number of ether oxygens (including phenoxy) is 1. The first kappa shape index (κ1) is 19.0. The molecule has 1 aromatic carbocycles. The van der Waals surface area contributed by atoms with E-state index in [2.05, 4.69) is 35.2 Å². The van der Waals surface area contributed by atoms with Crippen molar-refractivity contribution in [3.8, 4) is 10.7 Å². The second kappa shape index (κ2) is 6.95. The third kappa shape index (κ3) is 3.21. The van der Waals surface area contributed by atoms with E-state index in [9.17, 15) is 9.18 Å². The van der Waals surface area contributed by atoms with Gasteiger partial charge >= 0.3 is 0 Å². The first-order chi connectivity index (χ1) is 13.3. The molecule has 1 unspecified atom stereocenters. The number of nitrogens with one attached hydrogen (secondary N) is 2. The first-order valence-electron chi connectivity index (χ1n) is 9.29. The van der Waals surface area contributed by atoms with E-state index < -0.39 is 11.7 Å². The monoisotopic (exact) mass is 402 g/mol. The van der Waals surface area contributed by atoms with E-state index in [1.54, 1.807) is 11.3 Å². The lowest BCUT2D eigenvalue weighted by Gasteiger charge is -2.37. The maximum Gasteiger partial charge on any atom is 0.251 e. The van der Waals surface area contributed by atoms with Crippen molar-refractivity contribution in [2.24, 2.45) is 5.73 Å². The quantitative estimate of drug-likeness (QED) is 0.609. The molecule has 148 valence electrons. The number of hydrogen-bond donors (Lipinski definition) is 3. The Morgan fingerprint density at radius 3 is 2.93 bits per heavy atom. The molecule has 0 saturated heterocycles. The van der Waals surface area contributed by atoms with E-state index in [-0.39, 0.29) is 17.2 Å². The van der Waals surface area contributed by atoms with Gasteiger partial charge in [0.25, 0.3) is 5.91 Å². The van der Waals surface area contributed by atoms with Crippen molar-refractivity contribution in [3.05, 3.63) is 40.0 Å². The highest BCUT2D eigenvalue weighted by Crippen LogP contribution is 2.41. The molecule has 3 aromatic rings. The number of rotatable bonds is 5. The number of nitrogens with two attached hydrogens (primary N) is 1. The highest BCUT2D eigenvalue weighted by Gasteiger charge is 2.36. The van der Waals surface area contributed by atoms with Gasteiger partial charge in [-0.15, -0.1) is 11.3 Å². The Hall–Kier alpha value is -2.29. The van der Waals surface area contributed by atoms with Gasteiger partial charge in [0.15, 0.2) is 0 Å². The van der Waals surface area contributed by atoms with Crippen molar-refractivity contribution in [3.63, 3.8) is 0 Å². The Labute approximate surface area is 166 Å². The second-order valence-corrected chi connectivity index (χ2v) is 8.56. The average molecular weight is 402 g/mol. The minimum Gasteiger partial charge on any atom is -0.374 e. The zero-order valence-electron chi connectivity index (χ0n) is 16.1. The molecular weight excluding hydrogens is 379 g/mol. The van der Waals surface area contributed by atoms with E-state index >= 15 is 0 Å². The number of thiophene rings is 1. The van der Waals surface area contributed by atoms with Crippen molar-refractivity contribution in [2.45, 2.75) is 38.8 Å². The standard InChI is InChI=1S/C20H23FN4O2S/c1-4-27-20(2,3)17-16-10(5-6-23-17)7-14(28-16)19-24-13-9-11(21)8-12(18(22)26)15(13)25-19/h7-9,17,23H,4-6H2,1-3H3,(H2,22,26)(H,24,25). The SMILES string of the molecule is CCOC(C)(C)C1NCCc2cc(-c3nc4c(C(N)=O)cc(F)cc4[nH]3)sc21. The summed E-state index contributed by atoms with van der Waals surface area (Å²) in [6, 6.07) is 4.65. The van der Waals surface area contributed by atoms with Crippen molar-refractivity contribution in [1.29, 1.82) is 0 Å². The van der Waals surface area contributed by atoms with Crippen LogP contribution >= 0.6 is 11.3 Å². The average Bonchev–Trinajstić information content (AvgIpc) is 3.23. The van der Waals surface area contributed by atoms with Crippen LogP contribution < -0.4 is 11.1 Å². The van der Waals surface area contributed by atoms with Crippen LogP contribution in [0.3, 0.4) is 0 Å². The Balaban J connectivity index is 1.79. The van der Waals surface area contributed by atoms with Crippen LogP contribution in [0, 0.1) is 5.82 Å². The number of amides is 1. The van der Waals surface area contributed by atoms with Gasteiger partial charge in [0.2, 0.25) is 0 Å². The van der Waals surface area contributed by atoms with Gasteiger partial charge in [-0.05, 0) is 57.5 Å². The third-order valence-electron chi connectivity index (χ3n) is 5.11. The van der Waals surface area contributed by atoms with Crippen LogP contribution in [0.15, 0.2) is 18.2 Å². The molecule has 1 atom stereocenters. The molecule has 0 aliphatic carbocycles. The zero-order chi connectivity index (χ0) is 20.1. The second-order valence-electron chi connectivity index (χ2n) is 7.47. The molecule has 6 nitrogen and oxygen atoms in total. The number of H-pyrrole nitrogens is 1. The van der Waals surface area contributed by atoms with Gasteiger partial charge in [0.05, 0.1) is 27.6 Å². The van der Waals surface area contributed by atoms with Gasteiger partial charge < -0.3 is 20.8 Å². The summed E-state index contributed by atoms with van der Waals surface area (Å²) in [4.78, 5) is 21.5. The number of fused-ring (bicyclic) bond motifs is 2. The van der Waals surface area contributed by atoms with Gasteiger partial charge in [-0.25, -0.2) is 9.37 Å². The van der Waals surface area contributed by atoms with E-state index in [1.807, 2.05) is 6.92 Å². The lowest BCUT2D eigenvalue weighted by molar-refractivity contribution is -0.0397. The highest BCUT2D eigenvalue weighted by atomic mass is 32.1. The van der Waals surface area contributed by atoms with Crippen LogP contribution in [0.5, 0.6) is 0 Å². The summed E-state index contributed by atoms with van der Waals surface area (Å²) in [5, 5.41) is 3.57. The lowest BCUT2D eigenvalue weighted by Crippen LogP contribution is -2.44. The number of aromatic nitrogens is 2. The minimum atomic E-state index is -0.698. The molecule has 3 heterocycles. The molecule has 1 aliphatic rings. The van der Waals surface area contributed by atoms with Crippen molar-refractivity contribution >= 4 is 28.3 Å². The van der Waals surface area contributed by atoms with Gasteiger partial charge in [0.1, 0.15) is 17.2 Å². The van der Waals surface area contributed by atoms with E-state index in [1.165, 1.54) is 16.5 Å². The maximum atomic E-state index is 13.8. The van der Waals surface area contributed by atoms with Crippen LogP contribution in [0.1, 0.15) is 47.6 Å². The number of carbonyl (C=O) groups excluding carboxylic acids is 1. The normalized spacial score (nSPS) is 17.1. The Bertz CT molecular complexity index is 1060. The third-order valence-corrected chi connectivity index (χ3v) is 6.36. The Kier molecular flexibility index (Phi) is 4.73. The van der Waals surface area contributed by atoms with Gasteiger partial charge in [-0.3, -0.25) is 4.79 Å². The summed E-state index contributed by atoms with van der Waals surface area (Å²) < 4.78 is 19.8. The van der Waals surface area contributed by atoms with Gasteiger partial charge in [-0.1, -0.05) is 0 Å². The fourth-order valence-corrected chi connectivity index (χ4v) is 5.26. The highest BCUT2D eigenvalue weighted by molar-refractivity contribution is 7.15. The molecule has 0 fully saturated rings. The predicted octanol–water partition coefficient (Wildman–Crippen LogP) is 3.53. The number of carbonyl (C=O) groups is 1. The smallest absolute Gasteiger partial charge is 0.251 e. The summed E-state index contributed by atoms with van der Waals surface area (Å²) in [5.41, 5.74) is 7.23. The van der Waals surface area contributed by atoms with Crippen molar-refractivity contribution in [1.82, 2.24) is 15.3 Å². The molecule has 0 spiro atoms. The molecule has 0 bridgehead atoms. The number of imidazole rings is 1. The first-order valence-corrected chi connectivity index (χ1v) is 10.1. The summed E-state index contributed by atoms with van der Waals surface area (Å²) in [6.45, 7) is 7.69. The molecular formula is C20H23FN4O2S. The van der Waals surface area contributed by atoms with Gasteiger partial charge in [-0.2, -0.15) is 0 Å². The predicted molar refractivity (Wildman–Crippen MR) is 108 cm³/mol. The molecule has 1 aliphatic heterocycles. The fraction of sp³-hybridized carbons (Fsp3) is 0.400. The molecule has 0 radical (unpaired) electrons. The van der Waals surface area contributed by atoms with Gasteiger partial charge in [0, 0.05) is 11.5 Å². The van der Waals surface area contributed by atoms with Crippen LogP contribution in [-0.4, -0.2) is 34.6 Å². The number of benzene rings is 1.